The summed E-state index contributed by atoms with van der Waals surface area (Å²) in [6.45, 7) is 7.22. The highest BCUT2D eigenvalue weighted by atomic mass is 35.5. The van der Waals surface area contributed by atoms with Crippen LogP contribution in [0.3, 0.4) is 0 Å². The van der Waals surface area contributed by atoms with Crippen molar-refractivity contribution in [2.24, 2.45) is 0 Å². The molecule has 21 heavy (non-hydrogen) atoms. The zero-order valence-electron chi connectivity index (χ0n) is 12.9. The molecular formula is C17H22ClN3. The predicted molar refractivity (Wildman–Crippen MR) is 87.3 cm³/mol. The first-order valence-electron chi connectivity index (χ1n) is 7.67. The molecule has 0 aliphatic heterocycles. The van der Waals surface area contributed by atoms with Crippen molar-refractivity contribution >= 4 is 11.6 Å². The van der Waals surface area contributed by atoms with Crippen LogP contribution >= 0.6 is 11.6 Å². The van der Waals surface area contributed by atoms with Crippen LogP contribution in [0.4, 0.5) is 0 Å². The highest BCUT2D eigenvalue weighted by molar-refractivity contribution is 6.32. The van der Waals surface area contributed by atoms with Gasteiger partial charge in [0.2, 0.25) is 0 Å². The van der Waals surface area contributed by atoms with Crippen LogP contribution in [0, 0.1) is 13.8 Å². The summed E-state index contributed by atoms with van der Waals surface area (Å²) in [5.74, 6) is 0. The zero-order valence-corrected chi connectivity index (χ0v) is 13.7. The molecule has 1 fully saturated rings. The Balaban J connectivity index is 1.88. The van der Waals surface area contributed by atoms with E-state index >= 15 is 0 Å². The van der Waals surface area contributed by atoms with Crippen molar-refractivity contribution in [3.8, 4) is 5.69 Å². The molecule has 0 atom stereocenters. The molecule has 2 aromatic rings. The van der Waals surface area contributed by atoms with Crippen LogP contribution in [-0.2, 0) is 13.0 Å². The number of nitrogens with zero attached hydrogens (tertiary/aromatic N) is 2. The Bertz CT molecular complexity index is 656. The van der Waals surface area contributed by atoms with Crippen LogP contribution in [0.1, 0.15) is 42.3 Å². The van der Waals surface area contributed by atoms with Gasteiger partial charge in [0.25, 0.3) is 0 Å². The Labute approximate surface area is 131 Å². The zero-order chi connectivity index (χ0) is 15.0. The molecule has 1 aliphatic rings. The van der Waals surface area contributed by atoms with Crippen molar-refractivity contribution in [2.45, 2.75) is 52.6 Å². The number of benzene rings is 1. The molecule has 1 aliphatic carbocycles. The molecule has 4 heteroatoms. The van der Waals surface area contributed by atoms with E-state index in [0.717, 1.165) is 29.4 Å². The monoisotopic (exact) mass is 303 g/mol. The number of nitrogens with one attached hydrogen (secondary N) is 1. The van der Waals surface area contributed by atoms with Gasteiger partial charge in [-0.1, -0.05) is 24.6 Å². The Morgan fingerprint density at radius 1 is 1.33 bits per heavy atom. The molecule has 1 heterocycles. The molecular weight excluding hydrogens is 282 g/mol. The molecule has 1 N–H and O–H groups in total. The number of rotatable bonds is 5. The third kappa shape index (κ3) is 2.99. The van der Waals surface area contributed by atoms with Gasteiger partial charge >= 0.3 is 0 Å². The van der Waals surface area contributed by atoms with Gasteiger partial charge < -0.3 is 5.32 Å². The van der Waals surface area contributed by atoms with Crippen LogP contribution < -0.4 is 5.32 Å². The number of hydrogen-bond acceptors (Lipinski definition) is 2. The maximum atomic E-state index is 6.48. The summed E-state index contributed by atoms with van der Waals surface area (Å²) < 4.78 is 1.97. The normalized spacial score (nSPS) is 14.7. The van der Waals surface area contributed by atoms with E-state index in [-0.39, 0.29) is 0 Å². The van der Waals surface area contributed by atoms with Crippen LogP contribution in [0.5, 0.6) is 0 Å². The fourth-order valence-electron chi connectivity index (χ4n) is 2.80. The first-order valence-corrected chi connectivity index (χ1v) is 8.05. The molecule has 0 spiro atoms. The molecule has 0 radical (unpaired) electrons. The van der Waals surface area contributed by atoms with Crippen molar-refractivity contribution in [3.05, 3.63) is 45.7 Å². The van der Waals surface area contributed by atoms with Gasteiger partial charge in [-0.15, -0.1) is 0 Å². The van der Waals surface area contributed by atoms with Gasteiger partial charge in [0.1, 0.15) is 0 Å². The average molecular weight is 304 g/mol. The van der Waals surface area contributed by atoms with E-state index in [0.29, 0.717) is 6.04 Å². The van der Waals surface area contributed by atoms with E-state index < -0.39 is 0 Å². The Kier molecular flexibility index (Phi) is 4.05. The minimum Gasteiger partial charge on any atom is -0.310 e. The van der Waals surface area contributed by atoms with Gasteiger partial charge in [-0.05, 0) is 56.4 Å². The average Bonchev–Trinajstić information content (AvgIpc) is 3.23. The Morgan fingerprint density at radius 3 is 2.67 bits per heavy atom. The fourth-order valence-corrected chi connectivity index (χ4v) is 3.09. The maximum absolute atomic E-state index is 6.48. The SMILES string of the molecule is CCc1c(C)nn(-c2ccc(CNC3CC3)cc2Cl)c1C. The van der Waals surface area contributed by atoms with Gasteiger partial charge in [0.15, 0.2) is 0 Å². The van der Waals surface area contributed by atoms with Gasteiger partial charge in [0.05, 0.1) is 16.4 Å². The van der Waals surface area contributed by atoms with E-state index in [1.165, 1.54) is 29.7 Å². The maximum Gasteiger partial charge on any atom is 0.0835 e. The highest BCUT2D eigenvalue weighted by Crippen LogP contribution is 2.26. The fraction of sp³-hybridized carbons (Fsp3) is 0.471. The summed E-state index contributed by atoms with van der Waals surface area (Å²) in [5.41, 5.74) is 5.77. The first kappa shape index (κ1) is 14.6. The number of aromatic nitrogens is 2. The van der Waals surface area contributed by atoms with Crippen LogP contribution in [0.15, 0.2) is 18.2 Å². The van der Waals surface area contributed by atoms with Crippen molar-refractivity contribution in [2.75, 3.05) is 0 Å². The molecule has 112 valence electrons. The molecule has 1 aromatic carbocycles. The third-order valence-electron chi connectivity index (χ3n) is 4.21. The lowest BCUT2D eigenvalue weighted by Gasteiger charge is -2.10. The first-order chi connectivity index (χ1) is 10.1. The summed E-state index contributed by atoms with van der Waals surface area (Å²) in [5, 5.41) is 8.92. The molecule has 1 aromatic heterocycles. The predicted octanol–water partition coefficient (Wildman–Crippen LogP) is 3.96. The third-order valence-corrected chi connectivity index (χ3v) is 4.51. The Morgan fingerprint density at radius 2 is 2.10 bits per heavy atom. The smallest absolute Gasteiger partial charge is 0.0835 e. The number of halogens is 1. The lowest BCUT2D eigenvalue weighted by Crippen LogP contribution is -2.15. The van der Waals surface area contributed by atoms with Crippen LogP contribution in [0.2, 0.25) is 5.02 Å². The molecule has 1 saturated carbocycles. The minimum atomic E-state index is 0.714. The van der Waals surface area contributed by atoms with Gasteiger partial charge in [0, 0.05) is 18.3 Å². The van der Waals surface area contributed by atoms with Gasteiger partial charge in [-0.25, -0.2) is 4.68 Å². The molecule has 0 amide bonds. The van der Waals surface area contributed by atoms with Gasteiger partial charge in [-0.3, -0.25) is 0 Å². The molecule has 0 bridgehead atoms. The lowest BCUT2D eigenvalue weighted by atomic mass is 10.1. The summed E-state index contributed by atoms with van der Waals surface area (Å²) in [6, 6.07) is 6.98. The number of aryl methyl sites for hydroxylation is 1. The van der Waals surface area contributed by atoms with Crippen molar-refractivity contribution in [1.29, 1.82) is 0 Å². The molecule has 3 nitrogen and oxygen atoms in total. The molecule has 0 saturated heterocycles. The molecule has 3 rings (SSSR count). The van der Waals surface area contributed by atoms with E-state index in [1.54, 1.807) is 0 Å². The van der Waals surface area contributed by atoms with E-state index in [4.69, 9.17) is 11.6 Å². The summed E-state index contributed by atoms with van der Waals surface area (Å²) in [4.78, 5) is 0. The summed E-state index contributed by atoms with van der Waals surface area (Å²) in [7, 11) is 0. The summed E-state index contributed by atoms with van der Waals surface area (Å²) in [6.07, 6.45) is 3.60. The van der Waals surface area contributed by atoms with Crippen molar-refractivity contribution in [3.63, 3.8) is 0 Å². The molecule has 0 unspecified atom stereocenters. The quantitative estimate of drug-likeness (QED) is 0.906. The van der Waals surface area contributed by atoms with Gasteiger partial charge in [-0.2, -0.15) is 5.10 Å². The van der Waals surface area contributed by atoms with Crippen molar-refractivity contribution in [1.82, 2.24) is 15.1 Å². The second kappa shape index (κ2) is 5.82. The Hall–Kier alpha value is -1.32. The topological polar surface area (TPSA) is 29.9 Å². The number of hydrogen-bond donors (Lipinski definition) is 1. The van der Waals surface area contributed by atoms with Crippen molar-refractivity contribution < 1.29 is 0 Å². The van der Waals surface area contributed by atoms with Crippen LogP contribution in [0.25, 0.3) is 5.69 Å². The minimum absolute atomic E-state index is 0.714. The second-order valence-corrected chi connectivity index (χ2v) is 6.26. The highest BCUT2D eigenvalue weighted by Gasteiger charge is 2.20. The summed E-state index contributed by atoms with van der Waals surface area (Å²) >= 11 is 6.48. The largest absolute Gasteiger partial charge is 0.310 e. The second-order valence-electron chi connectivity index (χ2n) is 5.86. The van der Waals surface area contributed by atoms with Crippen LogP contribution in [-0.4, -0.2) is 15.8 Å². The van der Waals surface area contributed by atoms with E-state index in [9.17, 15) is 0 Å². The van der Waals surface area contributed by atoms with E-state index in [1.807, 2.05) is 10.7 Å². The van der Waals surface area contributed by atoms with E-state index in [2.05, 4.69) is 43.3 Å². The lowest BCUT2D eigenvalue weighted by molar-refractivity contribution is 0.687. The standard InChI is InChI=1S/C17H22ClN3/c1-4-15-11(2)20-21(12(15)3)17-8-5-13(9-16(17)18)10-19-14-6-7-14/h5,8-9,14,19H,4,6-7,10H2,1-3H3.